The number of Topliss-reactive ketones (excluding diaryl/α,β-unsaturated/α-hetero) is 1. The fraction of sp³-hybridized carbons (Fsp3) is 0.855. The van der Waals surface area contributed by atoms with E-state index in [2.05, 4.69) is 71.9 Å². The zero-order chi connectivity index (χ0) is 50.6. The molecule has 0 spiro atoms. The maximum Gasteiger partial charge on any atom is 0.320 e. The summed E-state index contributed by atoms with van der Waals surface area (Å²) in [5.74, 6) is 0.932. The molecule has 0 aromatic rings. The zero-order valence-corrected chi connectivity index (χ0v) is 43.7. The van der Waals surface area contributed by atoms with Crippen molar-refractivity contribution in [2.24, 2.45) is 102 Å². The summed E-state index contributed by atoms with van der Waals surface area (Å²) in [6, 6.07) is -0.820. The fourth-order valence-corrected chi connectivity index (χ4v) is 16.6. The van der Waals surface area contributed by atoms with Gasteiger partial charge < -0.3 is 37.1 Å². The number of carbonyl (C=O) groups excluding carboxylic acids is 3. The minimum absolute atomic E-state index is 0.0129. The Labute approximate surface area is 408 Å². The van der Waals surface area contributed by atoms with Gasteiger partial charge in [0.05, 0.1) is 11.8 Å². The van der Waals surface area contributed by atoms with Crippen molar-refractivity contribution in [1.29, 1.82) is 0 Å². The summed E-state index contributed by atoms with van der Waals surface area (Å²) in [6.45, 7) is 29.1. The van der Waals surface area contributed by atoms with Gasteiger partial charge in [0.2, 0.25) is 5.91 Å². The number of rotatable bonds is 14. The van der Waals surface area contributed by atoms with Gasteiger partial charge in [0.25, 0.3) is 0 Å². The Hall–Kier alpha value is -3.48. The molecule has 13 heteroatoms. The molecule has 0 aromatic heterocycles. The van der Waals surface area contributed by atoms with Crippen LogP contribution in [0.1, 0.15) is 185 Å². The van der Waals surface area contributed by atoms with Gasteiger partial charge >= 0.3 is 17.9 Å². The molecule has 68 heavy (non-hydrogen) atoms. The second-order valence-electron chi connectivity index (χ2n) is 25.8. The van der Waals surface area contributed by atoms with Crippen LogP contribution < -0.4 is 17.2 Å². The van der Waals surface area contributed by atoms with Gasteiger partial charge in [0.15, 0.2) is 5.96 Å². The first-order chi connectivity index (χ1) is 31.5. The lowest BCUT2D eigenvalue weighted by molar-refractivity contribution is -0.249. The van der Waals surface area contributed by atoms with Gasteiger partial charge in [-0.15, -0.1) is 0 Å². The number of esters is 1. The SMILES string of the molecule is C=C(C)[C@@H]1CC[C@@]2(C(=O)C[C@@H]3C[C@H](C(=O)N4CCCCC4)C3(C)C)CC[C@]3(C)C(CCC4[C@@]5(C)CC[C@H](OC(=O)CC(C)(C)C(=O)O)C(C)(C)C5CC[C@]43C)C12.NC(N)=NCCC[C@H](N)C(=O)O. The van der Waals surface area contributed by atoms with Crippen LogP contribution in [0.2, 0.25) is 0 Å². The van der Waals surface area contributed by atoms with E-state index in [0.29, 0.717) is 67.1 Å². The molecule has 1 heterocycles. The smallest absolute Gasteiger partial charge is 0.320 e. The van der Waals surface area contributed by atoms with E-state index in [1.165, 1.54) is 18.4 Å². The molecule has 13 atom stereocenters. The molecule has 0 aromatic carbocycles. The average molecular weight is 950 g/mol. The quantitative estimate of drug-likeness (QED) is 0.0362. The van der Waals surface area contributed by atoms with E-state index in [1.807, 2.05) is 0 Å². The van der Waals surface area contributed by atoms with E-state index in [4.69, 9.17) is 27.0 Å². The minimum Gasteiger partial charge on any atom is -0.481 e. The number of piperidine rings is 1. The van der Waals surface area contributed by atoms with Crippen LogP contribution in [0.4, 0.5) is 0 Å². The van der Waals surface area contributed by atoms with Crippen LogP contribution in [-0.2, 0) is 28.7 Å². The summed E-state index contributed by atoms with van der Waals surface area (Å²) in [5, 5.41) is 18.0. The van der Waals surface area contributed by atoms with E-state index in [9.17, 15) is 24.3 Å². The number of carboxylic acids is 2. The summed E-state index contributed by atoms with van der Waals surface area (Å²) >= 11 is 0. The van der Waals surface area contributed by atoms with Gasteiger partial charge in [-0.05, 0) is 181 Å². The second kappa shape index (κ2) is 19.6. The van der Waals surface area contributed by atoms with Crippen LogP contribution in [0.15, 0.2) is 17.1 Å². The van der Waals surface area contributed by atoms with Crippen LogP contribution >= 0.6 is 0 Å². The molecule has 384 valence electrons. The number of ketones is 1. The summed E-state index contributed by atoms with van der Waals surface area (Å²) < 4.78 is 6.20. The summed E-state index contributed by atoms with van der Waals surface area (Å²) in [5.41, 5.74) is 15.2. The fourth-order valence-electron chi connectivity index (χ4n) is 16.6. The Morgan fingerprint density at radius 2 is 1.49 bits per heavy atom. The number of ether oxygens (including phenoxy) is 1. The van der Waals surface area contributed by atoms with Gasteiger partial charge in [0.1, 0.15) is 17.9 Å². The highest BCUT2D eigenvalue weighted by Gasteiger charge is 2.72. The molecule has 6 aliphatic carbocycles. The third-order valence-electron chi connectivity index (χ3n) is 21.2. The number of hydrogen-bond donors (Lipinski definition) is 5. The van der Waals surface area contributed by atoms with Gasteiger partial charge in [-0.2, -0.15) is 0 Å². The Morgan fingerprint density at radius 3 is 2.07 bits per heavy atom. The molecule has 13 nitrogen and oxygen atoms in total. The lowest BCUT2D eigenvalue weighted by atomic mass is 9.32. The highest BCUT2D eigenvalue weighted by Crippen LogP contribution is 2.78. The van der Waals surface area contributed by atoms with Crippen LogP contribution in [0.3, 0.4) is 0 Å². The van der Waals surface area contributed by atoms with E-state index in [0.717, 1.165) is 90.1 Å². The number of amides is 1. The largest absolute Gasteiger partial charge is 0.481 e. The monoisotopic (exact) mass is 950 g/mol. The molecule has 7 aliphatic rings. The number of carbonyl (C=O) groups is 5. The zero-order valence-electron chi connectivity index (χ0n) is 43.7. The highest BCUT2D eigenvalue weighted by molar-refractivity contribution is 5.87. The van der Waals surface area contributed by atoms with Crippen LogP contribution in [0, 0.1) is 79.3 Å². The molecule has 4 unspecified atom stereocenters. The van der Waals surface area contributed by atoms with Crippen molar-refractivity contribution >= 4 is 35.6 Å². The van der Waals surface area contributed by atoms with Gasteiger partial charge in [0, 0.05) is 42.8 Å². The minimum atomic E-state index is -1.15. The van der Waals surface area contributed by atoms with Gasteiger partial charge in [-0.1, -0.05) is 60.6 Å². The van der Waals surface area contributed by atoms with E-state index in [1.54, 1.807) is 13.8 Å². The third kappa shape index (κ3) is 9.54. The topological polar surface area (TPSA) is 229 Å². The molecule has 1 amide bonds. The highest BCUT2D eigenvalue weighted by atomic mass is 16.5. The van der Waals surface area contributed by atoms with Crippen molar-refractivity contribution < 1.29 is 38.9 Å². The van der Waals surface area contributed by atoms with Crippen LogP contribution in [0.25, 0.3) is 0 Å². The molecule has 1 saturated heterocycles. The number of hydrogen-bond acceptors (Lipinski definition) is 8. The van der Waals surface area contributed by atoms with Crippen molar-refractivity contribution in [3.05, 3.63) is 12.2 Å². The molecular formula is C55H91N5O8. The molecule has 0 radical (unpaired) electrons. The maximum atomic E-state index is 15.1. The summed E-state index contributed by atoms with van der Waals surface area (Å²) in [4.78, 5) is 69.7. The first-order valence-corrected chi connectivity index (χ1v) is 26.5. The molecular weight excluding hydrogens is 859 g/mol. The van der Waals surface area contributed by atoms with Crippen molar-refractivity contribution in [2.45, 2.75) is 197 Å². The number of aliphatic imine (C=N–C) groups is 1. The van der Waals surface area contributed by atoms with Crippen molar-refractivity contribution in [3.63, 3.8) is 0 Å². The Bertz CT molecular complexity index is 1970. The van der Waals surface area contributed by atoms with E-state index < -0.39 is 29.4 Å². The Balaban J connectivity index is 0.000000559. The second-order valence-corrected chi connectivity index (χ2v) is 25.8. The lowest BCUT2D eigenvalue weighted by Gasteiger charge is -2.73. The molecule has 7 fully saturated rings. The van der Waals surface area contributed by atoms with Gasteiger partial charge in [-0.3, -0.25) is 29.0 Å². The number of fused-ring (bicyclic) bond motifs is 7. The van der Waals surface area contributed by atoms with Crippen molar-refractivity contribution in [2.75, 3.05) is 19.6 Å². The number of nitrogens with two attached hydrogens (primary N) is 3. The molecule has 6 saturated carbocycles. The molecule has 1 aliphatic heterocycles. The summed E-state index contributed by atoms with van der Waals surface area (Å²) in [6.07, 6.45) is 16.1. The Morgan fingerprint density at radius 1 is 0.824 bits per heavy atom. The number of guanidine groups is 1. The first kappa shape index (κ1) is 53.9. The molecule has 0 bridgehead atoms. The lowest BCUT2D eigenvalue weighted by Crippen LogP contribution is -2.67. The van der Waals surface area contributed by atoms with Gasteiger partial charge in [-0.25, -0.2) is 0 Å². The average Bonchev–Trinajstić information content (AvgIpc) is 3.66. The van der Waals surface area contributed by atoms with E-state index >= 15 is 4.79 Å². The normalized spacial score (nSPS) is 38.2. The molecule has 7 rings (SSSR count). The number of nitrogens with zero attached hydrogens (tertiary/aromatic N) is 2. The van der Waals surface area contributed by atoms with Crippen LogP contribution in [-0.4, -0.2) is 82.5 Å². The number of likely N-dealkylation sites (tertiary alicyclic amines) is 1. The van der Waals surface area contributed by atoms with Crippen LogP contribution in [0.5, 0.6) is 0 Å². The maximum absolute atomic E-state index is 15.1. The standard InChI is InChI=1S/C49H77NO6.C6H14N4O2/c1-30(2)32-17-22-49(37(51)28-31-27-34(44(31,5)6)41(53)50-25-13-12-14-26-50)24-23-47(10)33(40(32)49)15-16-36-46(9)20-19-38(56-39(52)29-43(3,4)42(54)55)45(7,8)35(46)18-21-48(36,47)11;7-4(5(11)12)2-1-3-10-6(8)9/h31-36,38,40H,1,12-29H2,2-11H3,(H,54,55);4H,1-3,7H2,(H,11,12)(H4,8,9,10)/t31-,32-,33?,34+,35?,36?,38-,40?,46-,47+,48+,49-;4-/m00/s1. The summed E-state index contributed by atoms with van der Waals surface area (Å²) in [7, 11) is 0. The van der Waals surface area contributed by atoms with E-state index in [-0.39, 0.29) is 62.8 Å². The third-order valence-corrected chi connectivity index (χ3v) is 21.2. The first-order valence-electron chi connectivity index (χ1n) is 26.5. The number of allylic oxidation sites excluding steroid dienone is 1. The number of aliphatic carboxylic acids is 2. The van der Waals surface area contributed by atoms with Crippen molar-refractivity contribution in [1.82, 2.24) is 4.90 Å². The molecule has 8 N–H and O–H groups in total. The number of carboxylic acid groups (broad SMARTS) is 2. The Kier molecular flexibility index (Phi) is 15.5. The predicted molar refractivity (Wildman–Crippen MR) is 266 cm³/mol. The van der Waals surface area contributed by atoms with Crippen molar-refractivity contribution in [3.8, 4) is 0 Å². The predicted octanol–water partition coefficient (Wildman–Crippen LogP) is 9.14.